The van der Waals surface area contributed by atoms with Gasteiger partial charge in [0, 0.05) is 6.04 Å². The molecule has 2 unspecified atom stereocenters. The molecule has 2 N–H and O–H groups in total. The number of hydrogen-bond acceptors (Lipinski definition) is 2. The molecule has 3 rings (SSSR count). The molecule has 0 radical (unpaired) electrons. The highest BCUT2D eigenvalue weighted by Crippen LogP contribution is 2.48. The summed E-state index contributed by atoms with van der Waals surface area (Å²) in [5.74, 6) is -1.29. The molecule has 1 fully saturated rings. The van der Waals surface area contributed by atoms with Crippen molar-refractivity contribution in [2.24, 2.45) is 5.92 Å². The second-order valence-corrected chi connectivity index (χ2v) is 5.59. The van der Waals surface area contributed by atoms with E-state index < -0.39 is 17.3 Å². The molecule has 20 heavy (non-hydrogen) atoms. The van der Waals surface area contributed by atoms with Crippen molar-refractivity contribution in [3.05, 3.63) is 48.0 Å². The molecule has 2 aliphatic rings. The molecule has 104 valence electrons. The van der Waals surface area contributed by atoms with Crippen molar-refractivity contribution in [3.8, 4) is 0 Å². The van der Waals surface area contributed by atoms with E-state index in [4.69, 9.17) is 5.11 Å². The largest absolute Gasteiger partial charge is 0.481 e. The van der Waals surface area contributed by atoms with Crippen LogP contribution in [0, 0.1) is 5.92 Å². The predicted molar refractivity (Wildman–Crippen MR) is 74.2 cm³/mol. The molecule has 4 nitrogen and oxygen atoms in total. The summed E-state index contributed by atoms with van der Waals surface area (Å²) in [5, 5.41) is 11.9. The van der Waals surface area contributed by atoms with Crippen LogP contribution in [0.4, 0.5) is 0 Å². The Morgan fingerprint density at radius 3 is 2.40 bits per heavy atom. The average Bonchev–Trinajstić information content (AvgIpc) is 3.14. The molecule has 1 amide bonds. The van der Waals surface area contributed by atoms with Crippen LogP contribution in [0.2, 0.25) is 0 Å². The van der Waals surface area contributed by atoms with E-state index in [1.54, 1.807) is 12.2 Å². The van der Waals surface area contributed by atoms with Crippen LogP contribution in [0.25, 0.3) is 0 Å². The third-order valence-corrected chi connectivity index (χ3v) is 4.23. The van der Waals surface area contributed by atoms with E-state index in [1.165, 1.54) is 0 Å². The van der Waals surface area contributed by atoms with Gasteiger partial charge in [-0.3, -0.25) is 9.59 Å². The molecule has 1 aromatic carbocycles. The van der Waals surface area contributed by atoms with E-state index >= 15 is 0 Å². The van der Waals surface area contributed by atoms with E-state index in [0.29, 0.717) is 6.42 Å². The SMILES string of the molecule is O=C(O)C1C=CC(NC(=O)C2(c3ccccc3)CC2)C1. The van der Waals surface area contributed by atoms with Crippen LogP contribution in [-0.4, -0.2) is 23.0 Å². The van der Waals surface area contributed by atoms with Gasteiger partial charge in [0.05, 0.1) is 11.3 Å². The van der Waals surface area contributed by atoms with Crippen molar-refractivity contribution >= 4 is 11.9 Å². The number of amides is 1. The summed E-state index contributed by atoms with van der Waals surface area (Å²) in [6, 6.07) is 9.63. The van der Waals surface area contributed by atoms with Crippen LogP contribution < -0.4 is 5.32 Å². The van der Waals surface area contributed by atoms with Gasteiger partial charge in [-0.05, 0) is 24.8 Å². The van der Waals surface area contributed by atoms with Crippen molar-refractivity contribution in [2.75, 3.05) is 0 Å². The highest BCUT2D eigenvalue weighted by molar-refractivity contribution is 5.91. The zero-order valence-corrected chi connectivity index (χ0v) is 11.1. The second kappa shape index (κ2) is 4.78. The molecule has 0 heterocycles. The summed E-state index contributed by atoms with van der Waals surface area (Å²) >= 11 is 0. The molecule has 0 aromatic heterocycles. The minimum atomic E-state index is -0.831. The van der Waals surface area contributed by atoms with E-state index in [2.05, 4.69) is 5.32 Å². The van der Waals surface area contributed by atoms with Crippen molar-refractivity contribution in [2.45, 2.75) is 30.7 Å². The van der Waals surface area contributed by atoms with Gasteiger partial charge in [0.25, 0.3) is 0 Å². The summed E-state index contributed by atoms with van der Waals surface area (Å²) < 4.78 is 0. The first kappa shape index (κ1) is 12.9. The molecule has 0 aliphatic heterocycles. The lowest BCUT2D eigenvalue weighted by Gasteiger charge is -2.19. The fourth-order valence-electron chi connectivity index (χ4n) is 2.82. The van der Waals surface area contributed by atoms with E-state index in [1.807, 2.05) is 30.3 Å². The number of hydrogen-bond donors (Lipinski definition) is 2. The lowest BCUT2D eigenvalue weighted by molar-refractivity contribution is -0.140. The van der Waals surface area contributed by atoms with Gasteiger partial charge in [0.1, 0.15) is 0 Å². The highest BCUT2D eigenvalue weighted by Gasteiger charge is 2.51. The molecule has 1 saturated carbocycles. The minimum absolute atomic E-state index is 0.0180. The van der Waals surface area contributed by atoms with Crippen LogP contribution >= 0.6 is 0 Å². The zero-order chi connectivity index (χ0) is 14.2. The lowest BCUT2D eigenvalue weighted by atomic mass is 9.94. The number of carboxylic acids is 1. The van der Waals surface area contributed by atoms with E-state index in [0.717, 1.165) is 18.4 Å². The number of carbonyl (C=O) groups excluding carboxylic acids is 1. The van der Waals surface area contributed by atoms with E-state index in [9.17, 15) is 9.59 Å². The number of aliphatic carboxylic acids is 1. The maximum absolute atomic E-state index is 12.5. The maximum Gasteiger partial charge on any atom is 0.310 e. The molecule has 0 spiro atoms. The fraction of sp³-hybridized carbons (Fsp3) is 0.375. The van der Waals surface area contributed by atoms with Gasteiger partial charge < -0.3 is 10.4 Å². The van der Waals surface area contributed by atoms with E-state index in [-0.39, 0.29) is 11.9 Å². The summed E-state index contributed by atoms with van der Waals surface area (Å²) in [7, 11) is 0. The molecular weight excluding hydrogens is 254 g/mol. The molecule has 0 bridgehead atoms. The Morgan fingerprint density at radius 1 is 1.15 bits per heavy atom. The molecular formula is C16H17NO3. The molecule has 2 atom stereocenters. The Bertz CT molecular complexity index is 560. The topological polar surface area (TPSA) is 66.4 Å². The monoisotopic (exact) mass is 271 g/mol. The second-order valence-electron chi connectivity index (χ2n) is 5.59. The molecule has 0 saturated heterocycles. The van der Waals surface area contributed by atoms with Crippen LogP contribution in [0.1, 0.15) is 24.8 Å². The Morgan fingerprint density at radius 2 is 1.85 bits per heavy atom. The lowest BCUT2D eigenvalue weighted by Crippen LogP contribution is -2.40. The molecule has 2 aliphatic carbocycles. The van der Waals surface area contributed by atoms with Crippen molar-refractivity contribution < 1.29 is 14.7 Å². The van der Waals surface area contributed by atoms with Crippen molar-refractivity contribution in [1.82, 2.24) is 5.32 Å². The van der Waals surface area contributed by atoms with Crippen LogP contribution in [-0.2, 0) is 15.0 Å². The number of carboxylic acid groups (broad SMARTS) is 1. The van der Waals surface area contributed by atoms with Gasteiger partial charge in [0.2, 0.25) is 5.91 Å². The van der Waals surface area contributed by atoms with Crippen LogP contribution in [0.3, 0.4) is 0 Å². The highest BCUT2D eigenvalue weighted by atomic mass is 16.4. The first-order valence-electron chi connectivity index (χ1n) is 6.89. The van der Waals surface area contributed by atoms with Gasteiger partial charge in [0.15, 0.2) is 0 Å². The smallest absolute Gasteiger partial charge is 0.310 e. The summed E-state index contributed by atoms with van der Waals surface area (Å²) in [4.78, 5) is 23.4. The normalized spacial score (nSPS) is 26.2. The summed E-state index contributed by atoms with van der Waals surface area (Å²) in [6.07, 6.45) is 5.63. The Labute approximate surface area is 117 Å². The van der Waals surface area contributed by atoms with Gasteiger partial charge in [-0.2, -0.15) is 0 Å². The summed E-state index contributed by atoms with van der Waals surface area (Å²) in [5.41, 5.74) is 0.658. The predicted octanol–water partition coefficient (Wildman–Crippen LogP) is 1.86. The first-order valence-corrected chi connectivity index (χ1v) is 6.89. The van der Waals surface area contributed by atoms with Gasteiger partial charge in [-0.25, -0.2) is 0 Å². The molecule has 4 heteroatoms. The van der Waals surface area contributed by atoms with Gasteiger partial charge in [-0.1, -0.05) is 42.5 Å². The number of rotatable bonds is 4. The Balaban J connectivity index is 1.67. The Hall–Kier alpha value is -2.10. The third kappa shape index (κ3) is 2.22. The number of benzene rings is 1. The molecule has 1 aromatic rings. The zero-order valence-electron chi connectivity index (χ0n) is 11.1. The standard InChI is InChI=1S/C16H17NO3/c18-14(19)11-6-7-13(10-11)17-15(20)16(8-9-16)12-4-2-1-3-5-12/h1-7,11,13H,8-10H2,(H,17,20)(H,18,19). The quantitative estimate of drug-likeness (QED) is 0.821. The third-order valence-electron chi connectivity index (χ3n) is 4.23. The summed E-state index contributed by atoms with van der Waals surface area (Å²) in [6.45, 7) is 0. The fourth-order valence-corrected chi connectivity index (χ4v) is 2.82. The Kier molecular flexibility index (Phi) is 3.08. The van der Waals surface area contributed by atoms with Crippen LogP contribution in [0.15, 0.2) is 42.5 Å². The number of carbonyl (C=O) groups is 2. The number of nitrogens with one attached hydrogen (secondary N) is 1. The minimum Gasteiger partial charge on any atom is -0.481 e. The van der Waals surface area contributed by atoms with Gasteiger partial charge >= 0.3 is 5.97 Å². The maximum atomic E-state index is 12.5. The van der Waals surface area contributed by atoms with Crippen molar-refractivity contribution in [1.29, 1.82) is 0 Å². The average molecular weight is 271 g/mol. The van der Waals surface area contributed by atoms with Crippen molar-refractivity contribution in [3.63, 3.8) is 0 Å². The van der Waals surface area contributed by atoms with Gasteiger partial charge in [-0.15, -0.1) is 0 Å². The first-order chi connectivity index (χ1) is 9.62. The van der Waals surface area contributed by atoms with Crippen LogP contribution in [0.5, 0.6) is 0 Å².